The number of rotatable bonds is 13. The van der Waals surface area contributed by atoms with Crippen molar-refractivity contribution >= 4 is 17.9 Å². The minimum atomic E-state index is -0.279. The molecule has 5 nitrogen and oxygen atoms in total. The lowest BCUT2D eigenvalue weighted by atomic mass is 9.93. The molecule has 0 saturated heterocycles. The van der Waals surface area contributed by atoms with Gasteiger partial charge in [-0.05, 0) is 43.5 Å². The zero-order valence-corrected chi connectivity index (χ0v) is 16.7. The molecule has 0 radical (unpaired) electrons. The summed E-state index contributed by atoms with van der Waals surface area (Å²) in [7, 11) is 1.63. The first-order chi connectivity index (χ1) is 12.7. The van der Waals surface area contributed by atoms with Gasteiger partial charge in [-0.3, -0.25) is 4.79 Å². The monoisotopic (exact) mass is 363 g/mol. The van der Waals surface area contributed by atoms with Gasteiger partial charge in [0.25, 0.3) is 0 Å². The first kappa shape index (κ1) is 24.1. The number of nitrogens with two attached hydrogens (primary N) is 1. The predicted octanol–water partition coefficient (Wildman–Crippen LogP) is 3.84. The molecule has 0 bridgehead atoms. The van der Waals surface area contributed by atoms with Gasteiger partial charge in [-0.15, -0.1) is 0 Å². The molecule has 0 aromatic heterocycles. The number of nitrogens with one attached hydrogen (secondary N) is 2. The van der Waals surface area contributed by atoms with E-state index in [0.29, 0.717) is 12.8 Å². The Kier molecular flexibility index (Phi) is 15.4. The van der Waals surface area contributed by atoms with Crippen LogP contribution in [0.3, 0.4) is 0 Å². The maximum atomic E-state index is 12.1. The van der Waals surface area contributed by atoms with E-state index in [1.54, 1.807) is 7.05 Å². The second kappa shape index (κ2) is 16.6. The van der Waals surface area contributed by atoms with Crippen molar-refractivity contribution in [2.75, 3.05) is 25.5 Å². The quantitative estimate of drug-likeness (QED) is 0.367. The molecule has 4 N–H and O–H groups in total. The van der Waals surface area contributed by atoms with E-state index in [9.17, 15) is 9.59 Å². The van der Waals surface area contributed by atoms with Crippen LogP contribution in [0.15, 0.2) is 24.3 Å². The van der Waals surface area contributed by atoms with Gasteiger partial charge in [0.2, 0.25) is 5.91 Å². The Hall–Kier alpha value is -1.88. The fourth-order valence-corrected chi connectivity index (χ4v) is 2.76. The van der Waals surface area contributed by atoms with Crippen LogP contribution in [0.2, 0.25) is 0 Å². The lowest BCUT2D eigenvalue weighted by Gasteiger charge is -2.16. The van der Waals surface area contributed by atoms with Crippen LogP contribution in [-0.4, -0.2) is 32.3 Å². The highest BCUT2D eigenvalue weighted by molar-refractivity contribution is 5.84. The zero-order valence-electron chi connectivity index (χ0n) is 16.7. The maximum absolute atomic E-state index is 12.1. The molecule has 1 rings (SSSR count). The van der Waals surface area contributed by atoms with Crippen LogP contribution in [0.4, 0.5) is 5.69 Å². The van der Waals surface area contributed by atoms with Crippen molar-refractivity contribution in [1.82, 2.24) is 5.32 Å². The Bertz CT molecular complexity index is 492. The first-order valence-corrected chi connectivity index (χ1v) is 9.92. The Balaban J connectivity index is 0.00000301. The van der Waals surface area contributed by atoms with Crippen molar-refractivity contribution in [2.45, 2.75) is 64.7 Å². The molecule has 5 heteroatoms. The van der Waals surface area contributed by atoms with Gasteiger partial charge in [0, 0.05) is 25.7 Å². The molecule has 0 spiro atoms. The van der Waals surface area contributed by atoms with Crippen molar-refractivity contribution in [3.05, 3.63) is 29.8 Å². The third-order valence-electron chi connectivity index (χ3n) is 4.14. The first-order valence-electron chi connectivity index (χ1n) is 9.92. The number of hydrogen-bond acceptors (Lipinski definition) is 4. The smallest absolute Gasteiger partial charge is 0.227 e. The van der Waals surface area contributed by atoms with Gasteiger partial charge in [-0.25, -0.2) is 0 Å². The molecule has 1 aromatic carbocycles. The minimum absolute atomic E-state index is 0.0473. The molecule has 1 unspecified atom stereocenters. The largest absolute Gasteiger partial charge is 0.385 e. The van der Waals surface area contributed by atoms with Gasteiger partial charge in [0.05, 0.1) is 5.92 Å². The molecule has 0 saturated carbocycles. The number of amides is 1. The maximum Gasteiger partial charge on any atom is 0.227 e. The molecule has 26 heavy (non-hydrogen) atoms. The van der Waals surface area contributed by atoms with Gasteiger partial charge in [-0.1, -0.05) is 45.2 Å². The van der Waals surface area contributed by atoms with Crippen molar-refractivity contribution in [3.63, 3.8) is 0 Å². The molecule has 0 heterocycles. The third kappa shape index (κ3) is 10.2. The molecule has 0 aliphatic rings. The third-order valence-corrected chi connectivity index (χ3v) is 4.14. The highest BCUT2D eigenvalue weighted by Gasteiger charge is 2.19. The van der Waals surface area contributed by atoms with Crippen LogP contribution >= 0.6 is 0 Å². The SMILES string of the molecule is CC.CNC(=O)C(CCC=O)c1cccc(NCCCCCCCN)c1. The van der Waals surface area contributed by atoms with Gasteiger partial charge in [0.15, 0.2) is 0 Å². The topological polar surface area (TPSA) is 84.2 Å². The number of aldehydes is 1. The summed E-state index contributed by atoms with van der Waals surface area (Å²) >= 11 is 0. The second-order valence-electron chi connectivity index (χ2n) is 6.02. The number of benzene rings is 1. The molecule has 1 aromatic rings. The Morgan fingerprint density at radius 3 is 2.50 bits per heavy atom. The number of unbranched alkanes of at least 4 members (excludes halogenated alkanes) is 4. The van der Waals surface area contributed by atoms with E-state index in [-0.39, 0.29) is 11.8 Å². The van der Waals surface area contributed by atoms with Crippen molar-refractivity contribution in [2.24, 2.45) is 5.73 Å². The van der Waals surface area contributed by atoms with Gasteiger partial charge >= 0.3 is 0 Å². The number of carbonyl (C=O) groups is 2. The lowest BCUT2D eigenvalue weighted by molar-refractivity contribution is -0.122. The normalized spacial score (nSPS) is 11.1. The van der Waals surface area contributed by atoms with E-state index < -0.39 is 0 Å². The Morgan fingerprint density at radius 2 is 1.85 bits per heavy atom. The molecular formula is C21H37N3O2. The van der Waals surface area contributed by atoms with Crippen LogP contribution < -0.4 is 16.4 Å². The van der Waals surface area contributed by atoms with Crippen molar-refractivity contribution < 1.29 is 9.59 Å². The summed E-state index contributed by atoms with van der Waals surface area (Å²) in [6, 6.07) is 7.93. The fraction of sp³-hybridized carbons (Fsp3) is 0.619. The van der Waals surface area contributed by atoms with Crippen LogP contribution in [0.1, 0.15) is 70.3 Å². The van der Waals surface area contributed by atoms with E-state index in [2.05, 4.69) is 10.6 Å². The second-order valence-corrected chi connectivity index (χ2v) is 6.02. The highest BCUT2D eigenvalue weighted by atomic mass is 16.1. The van der Waals surface area contributed by atoms with Crippen molar-refractivity contribution in [3.8, 4) is 0 Å². The predicted molar refractivity (Wildman–Crippen MR) is 111 cm³/mol. The van der Waals surface area contributed by atoms with E-state index >= 15 is 0 Å². The van der Waals surface area contributed by atoms with Crippen LogP contribution in [0, 0.1) is 0 Å². The van der Waals surface area contributed by atoms with E-state index in [0.717, 1.165) is 43.5 Å². The van der Waals surface area contributed by atoms with E-state index in [1.807, 2.05) is 38.1 Å². The number of likely N-dealkylation sites (N-methyl/N-ethyl adjacent to an activating group) is 1. The molecule has 1 amide bonds. The summed E-state index contributed by atoms with van der Waals surface area (Å²) in [4.78, 5) is 22.7. The molecule has 0 aliphatic heterocycles. The number of carbonyl (C=O) groups excluding carboxylic acids is 2. The molecule has 0 fully saturated rings. The average Bonchev–Trinajstić information content (AvgIpc) is 2.69. The summed E-state index contributed by atoms with van der Waals surface area (Å²) in [6.45, 7) is 5.70. The van der Waals surface area contributed by atoms with Gasteiger partial charge in [-0.2, -0.15) is 0 Å². The number of hydrogen-bond donors (Lipinski definition) is 3. The minimum Gasteiger partial charge on any atom is -0.385 e. The molecule has 148 valence electrons. The highest BCUT2D eigenvalue weighted by Crippen LogP contribution is 2.24. The molecule has 0 aliphatic carbocycles. The number of anilines is 1. The van der Waals surface area contributed by atoms with Crippen molar-refractivity contribution in [1.29, 1.82) is 0 Å². The van der Waals surface area contributed by atoms with Gasteiger partial charge < -0.3 is 21.2 Å². The summed E-state index contributed by atoms with van der Waals surface area (Å²) < 4.78 is 0. The van der Waals surface area contributed by atoms with Crippen LogP contribution in [0.5, 0.6) is 0 Å². The summed E-state index contributed by atoms with van der Waals surface area (Å²) in [5, 5.41) is 6.10. The van der Waals surface area contributed by atoms with E-state index in [4.69, 9.17) is 5.73 Å². The zero-order chi connectivity index (χ0) is 19.6. The van der Waals surface area contributed by atoms with Gasteiger partial charge in [0.1, 0.15) is 6.29 Å². The van der Waals surface area contributed by atoms with E-state index in [1.165, 1.54) is 19.3 Å². The van der Waals surface area contributed by atoms with Crippen LogP contribution in [0.25, 0.3) is 0 Å². The average molecular weight is 364 g/mol. The molecular weight excluding hydrogens is 326 g/mol. The summed E-state index contributed by atoms with van der Waals surface area (Å²) in [5.74, 6) is -0.327. The standard InChI is InChI=1S/C19H31N3O2.C2H6/c1-21-19(24)18(11-8-14-23)16-9-7-10-17(15-16)22-13-6-4-2-3-5-12-20;1-2/h7,9-10,14-15,18,22H,2-6,8,11-13,20H2,1H3,(H,21,24);1-2H3. The Morgan fingerprint density at radius 1 is 1.15 bits per heavy atom. The summed E-state index contributed by atoms with van der Waals surface area (Å²) in [5.41, 5.74) is 7.46. The Labute approximate surface area is 159 Å². The summed E-state index contributed by atoms with van der Waals surface area (Å²) in [6.07, 6.45) is 7.65. The lowest BCUT2D eigenvalue weighted by Crippen LogP contribution is -2.26. The molecule has 1 atom stereocenters. The van der Waals surface area contributed by atoms with Crippen LogP contribution in [-0.2, 0) is 9.59 Å². The fourth-order valence-electron chi connectivity index (χ4n) is 2.76.